The Balaban J connectivity index is 1.33. The highest BCUT2D eigenvalue weighted by Gasteiger charge is 2.38. The van der Waals surface area contributed by atoms with E-state index in [1.54, 1.807) is 39.3 Å². The molecule has 0 radical (unpaired) electrons. The molecule has 242 valence electrons. The summed E-state index contributed by atoms with van der Waals surface area (Å²) in [4.78, 5) is 28.9. The summed E-state index contributed by atoms with van der Waals surface area (Å²) in [5, 5.41) is 2.43. The molecule has 0 aliphatic carbocycles. The number of carbonyl (C=O) groups excluding carboxylic acids is 2. The summed E-state index contributed by atoms with van der Waals surface area (Å²) >= 11 is 0. The van der Waals surface area contributed by atoms with Gasteiger partial charge in [0, 0.05) is 39.1 Å². The van der Waals surface area contributed by atoms with Gasteiger partial charge in [0.1, 0.15) is 0 Å². The van der Waals surface area contributed by atoms with Crippen molar-refractivity contribution in [2.75, 3.05) is 25.7 Å². The lowest BCUT2D eigenvalue weighted by molar-refractivity contribution is 0.0526. The molecule has 0 bridgehead atoms. The van der Waals surface area contributed by atoms with Crippen LogP contribution in [-0.2, 0) is 11.2 Å². The number of benzene rings is 5. The van der Waals surface area contributed by atoms with Gasteiger partial charge in [-0.05, 0) is 85.8 Å². The molecule has 0 fully saturated rings. The first-order valence-corrected chi connectivity index (χ1v) is 16.4. The van der Waals surface area contributed by atoms with Gasteiger partial charge in [0.2, 0.25) is 0 Å². The van der Waals surface area contributed by atoms with Crippen LogP contribution in [0.3, 0.4) is 0 Å². The second kappa shape index (κ2) is 13.3. The number of ether oxygens (including phenoxy) is 3. The molecule has 1 aliphatic heterocycles. The van der Waals surface area contributed by atoms with Gasteiger partial charge in [-0.3, -0.25) is 4.79 Å². The van der Waals surface area contributed by atoms with Crippen molar-refractivity contribution in [3.8, 4) is 11.5 Å². The standard InChI is InChI=1S/C41H38N2O5/c1-4-48-41(45)28-20-17-27(18-21-28)19-23-30-26-37(43-34-14-8-5-11-31(34)32-12-6-9-15-35(32)43)33-13-7-10-16-36(33)42(30)40(44)29-22-24-38(46-2)39(25-29)47-3/h5-18,20-22,24-25,30,37H,4,19,23,26H2,1-3H3. The fourth-order valence-corrected chi connectivity index (χ4v) is 7.19. The molecule has 1 amide bonds. The minimum atomic E-state index is -0.325. The number of methoxy groups -OCH3 is 2. The predicted octanol–water partition coefficient (Wildman–Crippen LogP) is 8.63. The summed E-state index contributed by atoms with van der Waals surface area (Å²) in [6, 6.07) is 38.2. The number of nitrogens with zero attached hydrogens (tertiary/aromatic N) is 2. The number of anilines is 1. The number of aromatic nitrogens is 1. The minimum Gasteiger partial charge on any atom is -0.493 e. The maximum Gasteiger partial charge on any atom is 0.338 e. The molecule has 1 aliphatic rings. The minimum absolute atomic E-state index is 0.00311. The molecular weight excluding hydrogens is 600 g/mol. The van der Waals surface area contributed by atoms with Crippen LogP contribution in [0.2, 0.25) is 0 Å². The van der Waals surface area contributed by atoms with Crippen LogP contribution in [0.5, 0.6) is 11.5 Å². The largest absolute Gasteiger partial charge is 0.493 e. The van der Waals surface area contributed by atoms with Gasteiger partial charge in [0.05, 0.1) is 32.4 Å². The molecule has 7 rings (SSSR count). The maximum atomic E-state index is 14.6. The highest BCUT2D eigenvalue weighted by Crippen LogP contribution is 2.45. The fraction of sp³-hybridized carbons (Fsp3) is 0.220. The zero-order valence-electron chi connectivity index (χ0n) is 27.4. The number of carbonyl (C=O) groups is 2. The van der Waals surface area contributed by atoms with Crippen LogP contribution in [-0.4, -0.2) is 43.3 Å². The Morgan fingerprint density at radius 1 is 0.729 bits per heavy atom. The van der Waals surface area contributed by atoms with Crippen LogP contribution in [0, 0.1) is 0 Å². The number of rotatable bonds is 9. The van der Waals surface area contributed by atoms with Crippen molar-refractivity contribution in [2.45, 2.75) is 38.3 Å². The third-order valence-electron chi connectivity index (χ3n) is 9.43. The van der Waals surface area contributed by atoms with Crippen molar-refractivity contribution in [3.63, 3.8) is 0 Å². The Hall–Kier alpha value is -5.56. The van der Waals surface area contributed by atoms with Crippen molar-refractivity contribution in [1.82, 2.24) is 4.57 Å². The van der Waals surface area contributed by atoms with Gasteiger partial charge in [0.15, 0.2) is 11.5 Å². The normalized spacial score (nSPS) is 15.7. The van der Waals surface area contributed by atoms with Gasteiger partial charge < -0.3 is 23.7 Å². The van der Waals surface area contributed by atoms with E-state index < -0.39 is 0 Å². The van der Waals surface area contributed by atoms with Crippen molar-refractivity contribution in [2.24, 2.45) is 0 Å². The van der Waals surface area contributed by atoms with Gasteiger partial charge in [0.25, 0.3) is 5.91 Å². The molecule has 0 saturated heterocycles. The van der Waals surface area contributed by atoms with Crippen molar-refractivity contribution in [3.05, 3.63) is 138 Å². The van der Waals surface area contributed by atoms with Crippen molar-refractivity contribution in [1.29, 1.82) is 0 Å². The number of aryl methyl sites for hydroxylation is 1. The van der Waals surface area contributed by atoms with Gasteiger partial charge in [-0.2, -0.15) is 0 Å². The average molecular weight is 639 g/mol. The van der Waals surface area contributed by atoms with Crippen molar-refractivity contribution >= 4 is 39.4 Å². The second-order valence-electron chi connectivity index (χ2n) is 12.1. The van der Waals surface area contributed by atoms with E-state index in [9.17, 15) is 9.59 Å². The molecule has 48 heavy (non-hydrogen) atoms. The highest BCUT2D eigenvalue weighted by atomic mass is 16.5. The SMILES string of the molecule is CCOC(=O)c1ccc(CCC2CC(n3c4ccccc4c4ccccc43)c3ccccc3N2C(=O)c2ccc(OC)c(OC)c2)cc1. The first-order chi connectivity index (χ1) is 23.5. The fourth-order valence-electron chi connectivity index (χ4n) is 7.19. The second-order valence-corrected chi connectivity index (χ2v) is 12.1. The molecule has 2 atom stereocenters. The van der Waals surface area contributed by atoms with Gasteiger partial charge in [-0.1, -0.05) is 66.7 Å². The Bertz CT molecular complexity index is 2060. The molecule has 1 aromatic heterocycles. The number of hydrogen-bond acceptors (Lipinski definition) is 5. The van der Waals surface area contributed by atoms with Gasteiger partial charge in [-0.25, -0.2) is 4.79 Å². The molecule has 0 spiro atoms. The predicted molar refractivity (Wildman–Crippen MR) is 190 cm³/mol. The average Bonchev–Trinajstić information content (AvgIpc) is 3.47. The van der Waals surface area contributed by atoms with Crippen LogP contribution in [0.1, 0.15) is 57.7 Å². The molecular formula is C41H38N2O5. The van der Waals surface area contributed by atoms with E-state index in [0.717, 1.165) is 36.1 Å². The molecule has 0 saturated carbocycles. The number of para-hydroxylation sites is 3. The Morgan fingerprint density at radius 3 is 2.02 bits per heavy atom. The van der Waals surface area contributed by atoms with Crippen LogP contribution in [0.15, 0.2) is 115 Å². The van der Waals surface area contributed by atoms with E-state index in [2.05, 4.69) is 71.3 Å². The first-order valence-electron chi connectivity index (χ1n) is 16.4. The number of fused-ring (bicyclic) bond motifs is 4. The van der Waals surface area contributed by atoms with Crippen LogP contribution in [0.4, 0.5) is 5.69 Å². The summed E-state index contributed by atoms with van der Waals surface area (Å²) in [5.41, 5.74) is 6.50. The number of amides is 1. The van der Waals surface area contributed by atoms with Crippen LogP contribution < -0.4 is 14.4 Å². The third kappa shape index (κ3) is 5.55. The van der Waals surface area contributed by atoms with E-state index in [0.29, 0.717) is 29.2 Å². The Morgan fingerprint density at radius 2 is 1.35 bits per heavy atom. The zero-order chi connectivity index (χ0) is 33.2. The van der Waals surface area contributed by atoms with E-state index >= 15 is 0 Å². The number of esters is 1. The maximum absolute atomic E-state index is 14.6. The molecule has 0 N–H and O–H groups in total. The summed E-state index contributed by atoms with van der Waals surface area (Å²) in [7, 11) is 3.17. The topological polar surface area (TPSA) is 70.0 Å². The number of hydrogen-bond donors (Lipinski definition) is 0. The van der Waals surface area contributed by atoms with E-state index in [1.165, 1.54) is 21.8 Å². The molecule has 2 heterocycles. The van der Waals surface area contributed by atoms with E-state index in [1.807, 2.05) is 35.2 Å². The smallest absolute Gasteiger partial charge is 0.338 e. The lowest BCUT2D eigenvalue weighted by atomic mass is 9.87. The summed E-state index contributed by atoms with van der Waals surface area (Å²) in [6.07, 6.45) is 2.17. The lowest BCUT2D eigenvalue weighted by Gasteiger charge is -2.42. The zero-order valence-corrected chi connectivity index (χ0v) is 27.4. The summed E-state index contributed by atoms with van der Waals surface area (Å²) < 4.78 is 18.7. The quantitative estimate of drug-likeness (QED) is 0.148. The van der Waals surface area contributed by atoms with Crippen LogP contribution in [0.25, 0.3) is 21.8 Å². The molecule has 5 aromatic carbocycles. The van der Waals surface area contributed by atoms with Gasteiger partial charge in [-0.15, -0.1) is 0 Å². The summed E-state index contributed by atoms with van der Waals surface area (Å²) in [5.74, 6) is 0.665. The van der Waals surface area contributed by atoms with Crippen LogP contribution >= 0.6 is 0 Å². The van der Waals surface area contributed by atoms with E-state index in [-0.39, 0.29) is 24.0 Å². The van der Waals surface area contributed by atoms with Gasteiger partial charge >= 0.3 is 5.97 Å². The molecule has 7 nitrogen and oxygen atoms in total. The third-order valence-corrected chi connectivity index (χ3v) is 9.43. The lowest BCUT2D eigenvalue weighted by Crippen LogP contribution is -2.46. The van der Waals surface area contributed by atoms with E-state index in [4.69, 9.17) is 14.2 Å². The molecule has 2 unspecified atom stereocenters. The Labute approximate surface area is 280 Å². The molecule has 7 heteroatoms. The first kappa shape index (κ1) is 31.1. The summed E-state index contributed by atoms with van der Waals surface area (Å²) in [6.45, 7) is 2.14. The highest BCUT2D eigenvalue weighted by molar-refractivity contribution is 6.09. The van der Waals surface area contributed by atoms with Crippen molar-refractivity contribution < 1.29 is 23.8 Å². The molecule has 6 aromatic rings. The monoisotopic (exact) mass is 638 g/mol. The Kier molecular flexibility index (Phi) is 8.59.